The van der Waals surface area contributed by atoms with Gasteiger partial charge in [-0.15, -0.1) is 15.3 Å². The molecule has 0 radical (unpaired) electrons. The maximum absolute atomic E-state index is 16.0. The van der Waals surface area contributed by atoms with Gasteiger partial charge in [-0.3, -0.25) is 0 Å². The van der Waals surface area contributed by atoms with Gasteiger partial charge in [0.05, 0.1) is 25.5 Å². The summed E-state index contributed by atoms with van der Waals surface area (Å²) < 4.78 is 21.1. The average Bonchev–Trinajstić information content (AvgIpc) is 3.73. The Morgan fingerprint density at radius 3 is 2.62 bits per heavy atom. The second-order valence-corrected chi connectivity index (χ2v) is 11.1. The third-order valence-corrected chi connectivity index (χ3v) is 8.14. The van der Waals surface area contributed by atoms with Gasteiger partial charge in [0.25, 0.3) is 0 Å². The van der Waals surface area contributed by atoms with Gasteiger partial charge in [0, 0.05) is 34.3 Å². The molecule has 37 heavy (non-hydrogen) atoms. The summed E-state index contributed by atoms with van der Waals surface area (Å²) in [6, 6.07) is 6.96. The smallest absolute Gasteiger partial charge is 0.245 e. The molecule has 6 rings (SSSR count). The minimum atomic E-state index is -1.03. The van der Waals surface area contributed by atoms with E-state index in [1.807, 2.05) is 13.0 Å². The van der Waals surface area contributed by atoms with Crippen molar-refractivity contribution >= 4 is 5.95 Å². The van der Waals surface area contributed by atoms with Crippen LogP contribution in [-0.4, -0.2) is 66.9 Å². The molecule has 2 bridgehead atoms. The Labute approximate surface area is 215 Å². The van der Waals surface area contributed by atoms with Crippen LogP contribution >= 0.6 is 0 Å². The summed E-state index contributed by atoms with van der Waals surface area (Å²) in [5.41, 5.74) is 1.86. The van der Waals surface area contributed by atoms with E-state index in [1.165, 1.54) is 7.11 Å². The van der Waals surface area contributed by atoms with Gasteiger partial charge in [-0.05, 0) is 70.1 Å². The number of aromatic nitrogens is 5. The molecule has 1 saturated carbocycles. The van der Waals surface area contributed by atoms with Crippen LogP contribution in [0.2, 0.25) is 0 Å². The zero-order valence-corrected chi connectivity index (χ0v) is 21.4. The Morgan fingerprint density at radius 2 is 1.92 bits per heavy atom. The minimum absolute atomic E-state index is 0.0482. The molecule has 1 aromatic carbocycles. The number of benzene rings is 1. The molecule has 0 unspecified atom stereocenters. The van der Waals surface area contributed by atoms with E-state index in [2.05, 4.69) is 42.5 Å². The Hall–Kier alpha value is -3.40. The molecule has 194 valence electrons. The number of ether oxygens (including phenoxy) is 1. The van der Waals surface area contributed by atoms with Crippen molar-refractivity contribution in [2.45, 2.75) is 81.7 Å². The highest BCUT2D eigenvalue weighted by molar-refractivity contribution is 5.74. The molecule has 4 atom stereocenters. The Bertz CT molecular complexity index is 1300. The SMILES string of the molecule is COc1cc(-c2ccc(-c3cnc(N(C4CC4)[C@@H]4C[C@@]5(C)CCC[C@](C)(N5)[C@@H]4F)nn3)c(O)c2)cnn1. The second-order valence-electron chi connectivity index (χ2n) is 11.1. The lowest BCUT2D eigenvalue weighted by atomic mass is 9.68. The summed E-state index contributed by atoms with van der Waals surface area (Å²) >= 11 is 0. The molecule has 0 spiro atoms. The number of phenolic OH excluding ortho intramolecular Hbond substituents is 1. The first kappa shape index (κ1) is 24.0. The van der Waals surface area contributed by atoms with Crippen molar-refractivity contribution in [1.82, 2.24) is 30.7 Å². The maximum Gasteiger partial charge on any atom is 0.245 e. The van der Waals surface area contributed by atoms with Crippen LogP contribution in [-0.2, 0) is 0 Å². The fraction of sp³-hybridized carbons (Fsp3) is 0.519. The predicted octanol–water partition coefficient (Wildman–Crippen LogP) is 4.08. The molecule has 2 saturated heterocycles. The van der Waals surface area contributed by atoms with Crippen LogP contribution in [0, 0.1) is 0 Å². The lowest BCUT2D eigenvalue weighted by Crippen LogP contribution is -2.73. The number of piperidine rings is 2. The number of alkyl halides is 1. The lowest BCUT2D eigenvalue weighted by Gasteiger charge is -2.57. The van der Waals surface area contributed by atoms with Gasteiger partial charge in [0.2, 0.25) is 11.8 Å². The third kappa shape index (κ3) is 4.37. The third-order valence-electron chi connectivity index (χ3n) is 8.14. The van der Waals surface area contributed by atoms with Gasteiger partial charge >= 0.3 is 0 Å². The number of aromatic hydroxyl groups is 1. The molecular weight excluding hydrogens is 473 g/mol. The van der Waals surface area contributed by atoms with Crippen LogP contribution in [0.1, 0.15) is 52.4 Å². The zero-order valence-electron chi connectivity index (χ0n) is 21.4. The predicted molar refractivity (Wildman–Crippen MR) is 137 cm³/mol. The number of halogens is 1. The Morgan fingerprint density at radius 1 is 1.08 bits per heavy atom. The molecular formula is C27H32FN7O2. The van der Waals surface area contributed by atoms with Crippen LogP contribution in [0.3, 0.4) is 0 Å². The van der Waals surface area contributed by atoms with E-state index in [4.69, 9.17) is 4.74 Å². The van der Waals surface area contributed by atoms with E-state index in [0.29, 0.717) is 29.5 Å². The summed E-state index contributed by atoms with van der Waals surface area (Å²) in [5.74, 6) is 0.895. The number of phenols is 1. The number of nitrogens with zero attached hydrogens (tertiary/aromatic N) is 6. The summed E-state index contributed by atoms with van der Waals surface area (Å²) in [4.78, 5) is 6.71. The van der Waals surface area contributed by atoms with Crippen molar-refractivity contribution in [2.24, 2.45) is 0 Å². The topological polar surface area (TPSA) is 109 Å². The molecule has 0 amide bonds. The second kappa shape index (κ2) is 8.86. The summed E-state index contributed by atoms with van der Waals surface area (Å²) in [5, 5.41) is 31.0. The van der Waals surface area contributed by atoms with Crippen LogP contribution in [0.25, 0.3) is 22.4 Å². The van der Waals surface area contributed by atoms with Gasteiger partial charge in [-0.1, -0.05) is 6.07 Å². The molecule has 3 aromatic rings. The molecule has 2 aromatic heterocycles. The fourth-order valence-electron chi connectivity index (χ4n) is 6.23. The van der Waals surface area contributed by atoms with Crippen molar-refractivity contribution < 1.29 is 14.2 Å². The maximum atomic E-state index is 16.0. The van der Waals surface area contributed by atoms with Crippen molar-refractivity contribution in [3.05, 3.63) is 36.7 Å². The first-order valence-corrected chi connectivity index (χ1v) is 12.9. The number of hydrogen-bond donors (Lipinski definition) is 2. The van der Waals surface area contributed by atoms with Gasteiger partial charge in [-0.25, -0.2) is 9.37 Å². The molecule has 10 heteroatoms. The fourth-order valence-corrected chi connectivity index (χ4v) is 6.23. The first-order chi connectivity index (χ1) is 17.8. The number of fused-ring (bicyclic) bond motifs is 2. The molecule has 9 nitrogen and oxygen atoms in total. The number of anilines is 1. The standard InChI is InChI=1S/C27H32FN7O2/c1-26-9-4-10-27(2,34-26)24(28)21(13-26)35(18-6-7-18)25-29-15-20(31-33-25)19-8-5-16(11-22(19)36)17-12-23(37-3)32-30-14-17/h5,8,11-12,14-15,18,21,24,34,36H,4,6-7,9-10,13H2,1-3H3/t21-,24-,26-,27+/m1/s1. The van der Waals surface area contributed by atoms with Gasteiger partial charge in [-0.2, -0.15) is 5.10 Å². The van der Waals surface area contributed by atoms with E-state index < -0.39 is 11.7 Å². The van der Waals surface area contributed by atoms with Crippen molar-refractivity contribution in [3.8, 4) is 34.0 Å². The normalized spacial score (nSPS) is 29.1. The quantitative estimate of drug-likeness (QED) is 0.512. The average molecular weight is 506 g/mol. The largest absolute Gasteiger partial charge is 0.507 e. The lowest BCUT2D eigenvalue weighted by molar-refractivity contribution is 0.0000874. The van der Waals surface area contributed by atoms with Crippen LogP contribution < -0.4 is 15.0 Å². The number of hydrogen-bond acceptors (Lipinski definition) is 9. The number of rotatable bonds is 6. The Kier molecular flexibility index (Phi) is 5.74. The van der Waals surface area contributed by atoms with Crippen LogP contribution in [0.5, 0.6) is 11.6 Å². The summed E-state index contributed by atoms with van der Waals surface area (Å²) in [7, 11) is 1.53. The van der Waals surface area contributed by atoms with E-state index >= 15 is 4.39 Å². The minimum Gasteiger partial charge on any atom is -0.507 e. The molecule has 2 aliphatic heterocycles. The van der Waals surface area contributed by atoms with Gasteiger partial charge in [0.1, 0.15) is 17.6 Å². The van der Waals surface area contributed by atoms with Crippen molar-refractivity contribution in [1.29, 1.82) is 0 Å². The molecule has 3 fully saturated rings. The monoisotopic (exact) mass is 505 g/mol. The summed E-state index contributed by atoms with van der Waals surface area (Å²) in [6.45, 7) is 4.22. The van der Waals surface area contributed by atoms with Gasteiger partial charge in [0.15, 0.2) is 0 Å². The zero-order chi connectivity index (χ0) is 25.8. The van der Waals surface area contributed by atoms with Crippen LogP contribution in [0.15, 0.2) is 36.7 Å². The number of nitrogens with one attached hydrogen (secondary N) is 1. The highest BCUT2D eigenvalue weighted by atomic mass is 19.1. The van der Waals surface area contributed by atoms with E-state index in [0.717, 1.165) is 43.2 Å². The van der Waals surface area contributed by atoms with Crippen molar-refractivity contribution in [3.63, 3.8) is 0 Å². The number of methoxy groups -OCH3 is 1. The molecule has 1 aliphatic carbocycles. The van der Waals surface area contributed by atoms with E-state index in [9.17, 15) is 5.11 Å². The molecule has 3 aliphatic rings. The Balaban J connectivity index is 1.27. The highest BCUT2D eigenvalue weighted by Gasteiger charge is 2.56. The van der Waals surface area contributed by atoms with E-state index in [1.54, 1.807) is 30.6 Å². The van der Waals surface area contributed by atoms with E-state index in [-0.39, 0.29) is 23.4 Å². The first-order valence-electron chi connectivity index (χ1n) is 12.9. The van der Waals surface area contributed by atoms with Gasteiger partial charge < -0.3 is 20.1 Å². The highest BCUT2D eigenvalue weighted by Crippen LogP contribution is 2.46. The molecule has 4 heterocycles. The molecule has 2 N–H and O–H groups in total. The summed E-state index contributed by atoms with van der Waals surface area (Å²) in [6.07, 6.45) is 7.82. The van der Waals surface area contributed by atoms with Crippen LogP contribution in [0.4, 0.5) is 10.3 Å². The van der Waals surface area contributed by atoms with Crippen molar-refractivity contribution in [2.75, 3.05) is 12.0 Å².